The number of methoxy groups -OCH3 is 1. The van der Waals surface area contributed by atoms with Crippen molar-refractivity contribution in [2.75, 3.05) is 19.0 Å². The molecule has 1 saturated carbocycles. The van der Waals surface area contributed by atoms with Gasteiger partial charge in [-0.1, -0.05) is 19.8 Å². The van der Waals surface area contributed by atoms with Gasteiger partial charge in [0.15, 0.2) is 0 Å². The van der Waals surface area contributed by atoms with E-state index in [0.717, 1.165) is 30.0 Å². The molecule has 3 aromatic rings. The normalized spacial score (nSPS) is 18.1. The van der Waals surface area contributed by atoms with Gasteiger partial charge in [0, 0.05) is 11.7 Å². The van der Waals surface area contributed by atoms with Crippen LogP contribution < -0.4 is 14.8 Å². The van der Waals surface area contributed by atoms with Crippen molar-refractivity contribution in [3.05, 3.63) is 72.7 Å². The van der Waals surface area contributed by atoms with Crippen molar-refractivity contribution >= 4 is 31.6 Å². The van der Waals surface area contributed by atoms with E-state index in [4.69, 9.17) is 9.15 Å². The SMILES string of the molecule is COc1ccc(NC(=O)CN(Cc2ccco2)S(=O)(=O)c2ccc(S(=O)(=O)NC3CCCCC3C)cc2)cc1. The van der Waals surface area contributed by atoms with Crippen LogP contribution in [0.5, 0.6) is 5.75 Å². The lowest BCUT2D eigenvalue weighted by atomic mass is 9.87. The van der Waals surface area contributed by atoms with E-state index in [2.05, 4.69) is 10.0 Å². The van der Waals surface area contributed by atoms with Crippen molar-refractivity contribution in [2.45, 2.75) is 55.0 Å². The number of benzene rings is 2. The molecule has 12 heteroatoms. The summed E-state index contributed by atoms with van der Waals surface area (Å²) in [6.45, 7) is 1.35. The Morgan fingerprint density at radius 2 is 1.64 bits per heavy atom. The molecule has 39 heavy (non-hydrogen) atoms. The molecule has 4 rings (SSSR count). The number of furan rings is 1. The average molecular weight is 576 g/mol. The fraction of sp³-hybridized carbons (Fsp3) is 0.370. The highest BCUT2D eigenvalue weighted by Crippen LogP contribution is 2.26. The lowest BCUT2D eigenvalue weighted by Gasteiger charge is -2.29. The van der Waals surface area contributed by atoms with E-state index in [1.807, 2.05) is 6.92 Å². The van der Waals surface area contributed by atoms with Crippen LogP contribution in [-0.4, -0.2) is 46.7 Å². The second kappa shape index (κ2) is 12.3. The van der Waals surface area contributed by atoms with Gasteiger partial charge in [-0.2, -0.15) is 4.31 Å². The number of amides is 1. The molecule has 1 aromatic heterocycles. The molecular weight excluding hydrogens is 542 g/mol. The van der Waals surface area contributed by atoms with E-state index in [1.165, 1.54) is 37.6 Å². The second-order valence-corrected chi connectivity index (χ2v) is 13.2. The van der Waals surface area contributed by atoms with Crippen LogP contribution in [-0.2, 0) is 31.4 Å². The summed E-state index contributed by atoms with van der Waals surface area (Å²) < 4.78 is 67.3. The summed E-state index contributed by atoms with van der Waals surface area (Å²) in [7, 11) is -6.49. The Morgan fingerprint density at radius 3 is 2.26 bits per heavy atom. The van der Waals surface area contributed by atoms with Crippen molar-refractivity contribution in [1.82, 2.24) is 9.03 Å². The molecule has 0 aliphatic heterocycles. The number of nitrogens with one attached hydrogen (secondary N) is 2. The van der Waals surface area contributed by atoms with E-state index in [9.17, 15) is 21.6 Å². The first kappa shape index (κ1) is 28.8. The van der Waals surface area contributed by atoms with Crippen molar-refractivity contribution in [1.29, 1.82) is 0 Å². The third kappa shape index (κ3) is 7.27. The second-order valence-electron chi connectivity index (χ2n) is 9.59. The Kier molecular flexibility index (Phi) is 9.11. The molecule has 0 radical (unpaired) electrons. The maximum absolute atomic E-state index is 13.6. The topological polar surface area (TPSA) is 135 Å². The van der Waals surface area contributed by atoms with Crippen molar-refractivity contribution < 1.29 is 30.8 Å². The minimum Gasteiger partial charge on any atom is -0.497 e. The summed E-state index contributed by atoms with van der Waals surface area (Å²) in [5.74, 6) is 0.637. The zero-order valence-electron chi connectivity index (χ0n) is 21.9. The van der Waals surface area contributed by atoms with Crippen LogP contribution in [0.15, 0.2) is 81.1 Å². The molecule has 210 valence electrons. The lowest BCUT2D eigenvalue weighted by Crippen LogP contribution is -2.41. The van der Waals surface area contributed by atoms with Gasteiger partial charge in [0.05, 0.1) is 36.3 Å². The Bertz CT molecular complexity index is 1450. The molecule has 2 unspecified atom stereocenters. The van der Waals surface area contributed by atoms with Gasteiger partial charge in [0.1, 0.15) is 11.5 Å². The van der Waals surface area contributed by atoms with Gasteiger partial charge in [-0.25, -0.2) is 21.6 Å². The predicted molar refractivity (Wildman–Crippen MR) is 146 cm³/mol. The van der Waals surface area contributed by atoms with Gasteiger partial charge in [0.25, 0.3) is 0 Å². The summed E-state index contributed by atoms with van der Waals surface area (Å²) in [5, 5.41) is 2.68. The highest BCUT2D eigenvalue weighted by Gasteiger charge is 2.30. The quantitative estimate of drug-likeness (QED) is 0.353. The van der Waals surface area contributed by atoms with Crippen LogP contribution in [0.3, 0.4) is 0 Å². The van der Waals surface area contributed by atoms with Gasteiger partial charge in [0.2, 0.25) is 26.0 Å². The lowest BCUT2D eigenvalue weighted by molar-refractivity contribution is -0.116. The van der Waals surface area contributed by atoms with Crippen LogP contribution in [0.25, 0.3) is 0 Å². The minimum absolute atomic E-state index is 0.0194. The number of hydrogen-bond acceptors (Lipinski definition) is 7. The molecule has 10 nitrogen and oxygen atoms in total. The maximum atomic E-state index is 13.6. The smallest absolute Gasteiger partial charge is 0.243 e. The van der Waals surface area contributed by atoms with Crippen molar-refractivity contribution in [3.63, 3.8) is 0 Å². The Morgan fingerprint density at radius 1 is 0.974 bits per heavy atom. The van der Waals surface area contributed by atoms with Gasteiger partial charge < -0.3 is 14.5 Å². The number of ether oxygens (including phenoxy) is 1. The van der Waals surface area contributed by atoms with Gasteiger partial charge in [-0.15, -0.1) is 0 Å². The molecule has 0 spiro atoms. The number of hydrogen-bond donors (Lipinski definition) is 2. The van der Waals surface area contributed by atoms with Crippen LogP contribution >= 0.6 is 0 Å². The van der Waals surface area contributed by atoms with Gasteiger partial charge in [-0.05, 0) is 79.4 Å². The molecular formula is C27H33N3O7S2. The number of carbonyl (C=O) groups is 1. The number of sulfonamides is 2. The zero-order chi connectivity index (χ0) is 28.0. The summed E-state index contributed by atoms with van der Waals surface area (Å²) in [5.41, 5.74) is 0.477. The number of carbonyl (C=O) groups excluding carboxylic acids is 1. The molecule has 0 bridgehead atoms. The predicted octanol–water partition coefficient (Wildman–Crippen LogP) is 3.97. The third-order valence-electron chi connectivity index (χ3n) is 6.80. The number of nitrogens with zero attached hydrogens (tertiary/aromatic N) is 1. The summed E-state index contributed by atoms with van der Waals surface area (Å²) in [4.78, 5) is 12.7. The molecule has 1 heterocycles. The van der Waals surface area contributed by atoms with Crippen LogP contribution in [0, 0.1) is 5.92 Å². The fourth-order valence-electron chi connectivity index (χ4n) is 4.54. The molecule has 2 atom stereocenters. The first-order valence-corrected chi connectivity index (χ1v) is 15.6. The number of anilines is 1. The van der Waals surface area contributed by atoms with Crippen molar-refractivity contribution in [2.24, 2.45) is 5.92 Å². The van der Waals surface area contributed by atoms with Gasteiger partial charge >= 0.3 is 0 Å². The molecule has 1 fully saturated rings. The highest BCUT2D eigenvalue weighted by molar-refractivity contribution is 7.89. The minimum atomic E-state index is -4.20. The van der Waals surface area contributed by atoms with Crippen LogP contribution in [0.2, 0.25) is 0 Å². The van der Waals surface area contributed by atoms with Crippen molar-refractivity contribution in [3.8, 4) is 5.75 Å². The first-order chi connectivity index (χ1) is 18.6. The zero-order valence-corrected chi connectivity index (χ0v) is 23.5. The van der Waals surface area contributed by atoms with E-state index < -0.39 is 32.5 Å². The molecule has 1 aliphatic carbocycles. The van der Waals surface area contributed by atoms with E-state index in [-0.39, 0.29) is 28.3 Å². The molecule has 1 aliphatic rings. The Balaban J connectivity index is 1.52. The van der Waals surface area contributed by atoms with Crippen LogP contribution in [0.1, 0.15) is 38.4 Å². The fourth-order valence-corrected chi connectivity index (χ4v) is 7.28. The van der Waals surface area contributed by atoms with E-state index >= 15 is 0 Å². The van der Waals surface area contributed by atoms with E-state index in [0.29, 0.717) is 17.2 Å². The van der Waals surface area contributed by atoms with Gasteiger partial charge in [-0.3, -0.25) is 4.79 Å². The highest BCUT2D eigenvalue weighted by atomic mass is 32.2. The standard InChI is InChI=1S/C27H33N3O7S2/c1-20-6-3-4-8-26(20)29-38(32,33)24-13-15-25(16-14-24)39(34,35)30(18-23-7-5-17-37-23)19-27(31)28-21-9-11-22(36-2)12-10-21/h5,7,9-17,20,26,29H,3-4,6,8,18-19H2,1-2H3,(H,28,31). The summed E-state index contributed by atoms with van der Waals surface area (Å²) in [6.07, 6.45) is 5.19. The molecule has 2 aromatic carbocycles. The molecule has 2 N–H and O–H groups in total. The molecule has 0 saturated heterocycles. The average Bonchev–Trinajstić information content (AvgIpc) is 3.43. The summed E-state index contributed by atoms with van der Waals surface area (Å²) >= 11 is 0. The Labute approximate surface area is 229 Å². The first-order valence-electron chi connectivity index (χ1n) is 12.7. The van der Waals surface area contributed by atoms with Crippen LogP contribution in [0.4, 0.5) is 5.69 Å². The molecule has 1 amide bonds. The Hall–Kier alpha value is -3.19. The summed E-state index contributed by atoms with van der Waals surface area (Å²) in [6, 6.07) is 14.7. The monoisotopic (exact) mass is 575 g/mol. The van der Waals surface area contributed by atoms with E-state index in [1.54, 1.807) is 36.4 Å². The largest absolute Gasteiger partial charge is 0.497 e. The third-order valence-corrected chi connectivity index (χ3v) is 10.1. The maximum Gasteiger partial charge on any atom is 0.243 e. The number of rotatable bonds is 11.